The second kappa shape index (κ2) is 6.85. The molecule has 2 aliphatic rings. The van der Waals surface area contributed by atoms with Crippen molar-refractivity contribution in [2.75, 3.05) is 13.1 Å². The summed E-state index contributed by atoms with van der Waals surface area (Å²) in [7, 11) is -0.335. The Balaban J connectivity index is 1.58. The van der Waals surface area contributed by atoms with Gasteiger partial charge < -0.3 is 23.5 Å². The van der Waals surface area contributed by atoms with E-state index in [2.05, 4.69) is 50.7 Å². The summed E-state index contributed by atoms with van der Waals surface area (Å²) in [6.45, 7) is 15.4. The molecule has 1 amide bonds. The quantitative estimate of drug-likeness (QED) is 0.743. The number of amides is 1. The van der Waals surface area contributed by atoms with Crippen molar-refractivity contribution in [1.29, 1.82) is 0 Å². The summed E-state index contributed by atoms with van der Waals surface area (Å²) in [5.41, 5.74) is -0.0772. The first-order valence-corrected chi connectivity index (χ1v) is 9.89. The Hall–Kier alpha value is -1.47. The lowest BCUT2D eigenvalue weighted by atomic mass is 9.81. The molecule has 0 spiro atoms. The zero-order valence-electron chi connectivity index (χ0n) is 17.7. The van der Waals surface area contributed by atoms with Gasteiger partial charge >= 0.3 is 13.2 Å². The van der Waals surface area contributed by atoms with E-state index < -0.39 is 5.60 Å². The number of carbonyl (C=O) groups excluding carboxylic acids is 1. The van der Waals surface area contributed by atoms with Crippen molar-refractivity contribution in [3.05, 3.63) is 18.5 Å². The van der Waals surface area contributed by atoms with E-state index in [-0.39, 0.29) is 24.4 Å². The Bertz CT molecular complexity index is 668. The molecule has 0 atom stereocenters. The minimum absolute atomic E-state index is 0.216. The summed E-state index contributed by atoms with van der Waals surface area (Å²) in [5, 5.41) is 0. The lowest BCUT2D eigenvalue weighted by Gasteiger charge is -2.34. The number of hydrogen-bond donors (Lipinski definition) is 0. The number of hydrogen-bond acceptors (Lipinski definition) is 4. The van der Waals surface area contributed by atoms with Crippen molar-refractivity contribution in [2.24, 2.45) is 0 Å². The molecule has 0 radical (unpaired) electrons. The van der Waals surface area contributed by atoms with Gasteiger partial charge in [0, 0.05) is 37.0 Å². The average Bonchev–Trinajstić information content (AvgIpc) is 3.09. The van der Waals surface area contributed by atoms with Crippen molar-refractivity contribution in [3.8, 4) is 0 Å². The van der Waals surface area contributed by atoms with Crippen molar-refractivity contribution in [1.82, 2.24) is 9.47 Å². The molecule has 0 bridgehead atoms. The number of ether oxygens (including phenoxy) is 1. The Morgan fingerprint density at radius 1 is 1.15 bits per heavy atom. The fourth-order valence-corrected chi connectivity index (χ4v) is 3.45. The van der Waals surface area contributed by atoms with Gasteiger partial charge in [-0.2, -0.15) is 0 Å². The average molecular weight is 376 g/mol. The van der Waals surface area contributed by atoms with Gasteiger partial charge in [0.2, 0.25) is 0 Å². The molecule has 150 valence electrons. The van der Waals surface area contributed by atoms with Crippen LogP contribution in [-0.2, 0) is 14.0 Å². The third kappa shape index (κ3) is 4.35. The van der Waals surface area contributed by atoms with Crippen LogP contribution >= 0.6 is 0 Å². The molecule has 0 aromatic carbocycles. The molecule has 1 aromatic rings. The summed E-state index contributed by atoms with van der Waals surface area (Å²) in [6, 6.07) is 2.45. The summed E-state index contributed by atoms with van der Waals surface area (Å²) >= 11 is 0. The van der Waals surface area contributed by atoms with Crippen LogP contribution in [0.5, 0.6) is 0 Å². The minimum Gasteiger partial charge on any atom is -0.444 e. The van der Waals surface area contributed by atoms with E-state index in [0.29, 0.717) is 19.1 Å². The molecule has 0 unspecified atom stereocenters. The Morgan fingerprint density at radius 3 is 2.22 bits per heavy atom. The van der Waals surface area contributed by atoms with Gasteiger partial charge in [-0.15, -0.1) is 0 Å². The maximum atomic E-state index is 12.2. The van der Waals surface area contributed by atoms with Gasteiger partial charge in [-0.05, 0) is 67.4 Å². The number of aromatic nitrogens is 1. The van der Waals surface area contributed by atoms with Crippen LogP contribution < -0.4 is 5.46 Å². The maximum Gasteiger partial charge on any atom is 0.496 e. The summed E-state index contributed by atoms with van der Waals surface area (Å²) in [5.74, 6) is 0. The Labute approximate surface area is 163 Å². The van der Waals surface area contributed by atoms with Crippen molar-refractivity contribution in [3.63, 3.8) is 0 Å². The van der Waals surface area contributed by atoms with Crippen molar-refractivity contribution < 1.29 is 18.8 Å². The molecule has 2 saturated heterocycles. The van der Waals surface area contributed by atoms with Crippen LogP contribution in [0, 0.1) is 0 Å². The maximum absolute atomic E-state index is 12.2. The molecule has 0 aliphatic carbocycles. The molecule has 1 aromatic heterocycles. The monoisotopic (exact) mass is 376 g/mol. The standard InChI is InChI=1S/C20H33BN2O4/c1-18(2,3)25-17(24)22-12-9-16(10-13-22)23-11-8-15(14-23)21-26-19(4,5)20(6,7)27-21/h8,11,14,16H,9-10,12-13H2,1-7H3. The van der Waals surface area contributed by atoms with Crippen LogP contribution in [-0.4, -0.2) is 52.6 Å². The first-order chi connectivity index (χ1) is 12.4. The molecule has 0 saturated carbocycles. The molecule has 3 rings (SSSR count). The minimum atomic E-state index is -0.452. The van der Waals surface area contributed by atoms with Gasteiger partial charge in [0.05, 0.1) is 11.2 Å². The zero-order valence-corrected chi connectivity index (χ0v) is 17.7. The van der Waals surface area contributed by atoms with Gasteiger partial charge in [0.1, 0.15) is 5.60 Å². The molecular weight excluding hydrogens is 343 g/mol. The highest BCUT2D eigenvalue weighted by Gasteiger charge is 2.52. The predicted molar refractivity (Wildman–Crippen MR) is 106 cm³/mol. The fourth-order valence-electron chi connectivity index (χ4n) is 3.45. The van der Waals surface area contributed by atoms with E-state index in [4.69, 9.17) is 14.0 Å². The lowest BCUT2D eigenvalue weighted by Crippen LogP contribution is -2.42. The lowest BCUT2D eigenvalue weighted by molar-refractivity contribution is 0.00578. The predicted octanol–water partition coefficient (Wildman–Crippen LogP) is 3.36. The molecule has 0 N–H and O–H groups in total. The van der Waals surface area contributed by atoms with E-state index in [9.17, 15) is 4.79 Å². The highest BCUT2D eigenvalue weighted by molar-refractivity contribution is 6.62. The highest BCUT2D eigenvalue weighted by atomic mass is 16.7. The van der Waals surface area contributed by atoms with Crippen LogP contribution in [0.25, 0.3) is 0 Å². The van der Waals surface area contributed by atoms with Gasteiger partial charge in [-0.25, -0.2) is 4.79 Å². The summed E-state index contributed by atoms with van der Waals surface area (Å²) in [6.07, 6.45) is 5.82. The molecule has 3 heterocycles. The van der Waals surface area contributed by atoms with Crippen LogP contribution in [0.3, 0.4) is 0 Å². The first-order valence-electron chi connectivity index (χ1n) is 9.89. The van der Waals surface area contributed by atoms with Gasteiger partial charge in [0.25, 0.3) is 0 Å². The van der Waals surface area contributed by atoms with Crippen LogP contribution in [0.15, 0.2) is 18.5 Å². The fraction of sp³-hybridized carbons (Fsp3) is 0.750. The molecule has 7 heteroatoms. The third-order valence-corrected chi connectivity index (χ3v) is 5.80. The third-order valence-electron chi connectivity index (χ3n) is 5.80. The molecular formula is C20H33BN2O4. The first kappa shape index (κ1) is 20.3. The van der Waals surface area contributed by atoms with E-state index in [0.717, 1.165) is 18.3 Å². The van der Waals surface area contributed by atoms with Crippen LogP contribution in [0.1, 0.15) is 67.3 Å². The highest BCUT2D eigenvalue weighted by Crippen LogP contribution is 2.36. The number of nitrogens with zero attached hydrogens (tertiary/aromatic N) is 2. The van der Waals surface area contributed by atoms with Crippen molar-refractivity contribution >= 4 is 18.7 Å². The SMILES string of the molecule is CC(C)(C)OC(=O)N1CCC(n2ccc(B3OC(C)(C)C(C)(C)O3)c2)CC1. The van der Waals surface area contributed by atoms with E-state index in [1.54, 1.807) is 4.90 Å². The van der Waals surface area contributed by atoms with Crippen molar-refractivity contribution in [2.45, 2.75) is 84.2 Å². The topological polar surface area (TPSA) is 52.9 Å². The zero-order chi connectivity index (χ0) is 20.0. The molecule has 6 nitrogen and oxygen atoms in total. The molecule has 2 aliphatic heterocycles. The van der Waals surface area contributed by atoms with E-state index >= 15 is 0 Å². The Morgan fingerprint density at radius 2 is 1.70 bits per heavy atom. The summed E-state index contributed by atoms with van der Waals surface area (Å²) in [4.78, 5) is 14.0. The Kier molecular flexibility index (Phi) is 5.14. The number of carbonyl (C=O) groups is 1. The number of likely N-dealkylation sites (tertiary alicyclic amines) is 1. The van der Waals surface area contributed by atoms with Gasteiger partial charge in [-0.1, -0.05) is 0 Å². The van der Waals surface area contributed by atoms with Crippen LogP contribution in [0.4, 0.5) is 4.79 Å². The largest absolute Gasteiger partial charge is 0.496 e. The summed E-state index contributed by atoms with van der Waals surface area (Å²) < 4.78 is 20.0. The van der Waals surface area contributed by atoms with Gasteiger partial charge in [0.15, 0.2) is 0 Å². The number of rotatable bonds is 2. The normalized spacial score (nSPS) is 22.9. The molecule has 2 fully saturated rings. The number of piperidine rings is 1. The van der Waals surface area contributed by atoms with E-state index in [1.807, 2.05) is 20.8 Å². The smallest absolute Gasteiger partial charge is 0.444 e. The second-order valence-corrected chi connectivity index (χ2v) is 9.68. The molecule has 27 heavy (non-hydrogen) atoms. The second-order valence-electron chi connectivity index (χ2n) is 9.68. The van der Waals surface area contributed by atoms with Gasteiger partial charge in [-0.3, -0.25) is 0 Å². The van der Waals surface area contributed by atoms with E-state index in [1.165, 1.54) is 0 Å². The van der Waals surface area contributed by atoms with Crippen LogP contribution in [0.2, 0.25) is 0 Å².